The molecule has 4 rings (SSSR count). The fourth-order valence-corrected chi connectivity index (χ4v) is 8.30. The molecular weight excluding hydrogens is 384 g/mol. The Labute approximate surface area is 170 Å². The fourth-order valence-electron chi connectivity index (χ4n) is 8.30. The SMILES string of the molecule is CC12CCC3C(C1CCC2CC(C(=O)O)C(F)F)C(F)(F)CC1CCCCC13C. The Balaban J connectivity index is 1.62. The summed E-state index contributed by atoms with van der Waals surface area (Å²) in [5, 5.41) is 9.22. The van der Waals surface area contributed by atoms with Crippen LogP contribution in [0.15, 0.2) is 0 Å². The first-order valence-corrected chi connectivity index (χ1v) is 11.4. The van der Waals surface area contributed by atoms with Gasteiger partial charge in [0.25, 0.3) is 12.3 Å². The van der Waals surface area contributed by atoms with E-state index in [1.807, 2.05) is 6.92 Å². The quantitative estimate of drug-likeness (QED) is 0.520. The first-order chi connectivity index (χ1) is 13.5. The Morgan fingerprint density at radius 1 is 1.00 bits per heavy atom. The van der Waals surface area contributed by atoms with Gasteiger partial charge in [-0.15, -0.1) is 0 Å². The lowest BCUT2D eigenvalue weighted by Crippen LogP contribution is -2.60. The maximum atomic E-state index is 15.5. The van der Waals surface area contributed by atoms with Crippen molar-refractivity contribution in [3.05, 3.63) is 0 Å². The van der Waals surface area contributed by atoms with Crippen LogP contribution >= 0.6 is 0 Å². The van der Waals surface area contributed by atoms with Gasteiger partial charge >= 0.3 is 5.97 Å². The van der Waals surface area contributed by atoms with Crippen LogP contribution in [0.25, 0.3) is 0 Å². The molecule has 0 aromatic carbocycles. The van der Waals surface area contributed by atoms with Gasteiger partial charge in [0, 0.05) is 12.3 Å². The van der Waals surface area contributed by atoms with E-state index in [4.69, 9.17) is 0 Å². The van der Waals surface area contributed by atoms with E-state index in [-0.39, 0.29) is 41.9 Å². The minimum Gasteiger partial charge on any atom is -0.481 e. The topological polar surface area (TPSA) is 37.3 Å². The van der Waals surface area contributed by atoms with Crippen molar-refractivity contribution in [1.29, 1.82) is 0 Å². The zero-order chi connectivity index (χ0) is 21.2. The van der Waals surface area contributed by atoms with Crippen LogP contribution in [0, 0.1) is 46.3 Å². The van der Waals surface area contributed by atoms with Gasteiger partial charge in [0.2, 0.25) is 0 Å². The summed E-state index contributed by atoms with van der Waals surface area (Å²) in [6, 6.07) is 0. The highest BCUT2D eigenvalue weighted by molar-refractivity contribution is 5.70. The van der Waals surface area contributed by atoms with E-state index in [1.165, 1.54) is 0 Å². The summed E-state index contributed by atoms with van der Waals surface area (Å²) in [7, 11) is 0. The molecule has 0 spiro atoms. The monoisotopic (exact) mass is 418 g/mol. The number of carboxylic acids is 1. The summed E-state index contributed by atoms with van der Waals surface area (Å²) >= 11 is 0. The first-order valence-electron chi connectivity index (χ1n) is 11.4. The Bertz CT molecular complexity index is 653. The third-order valence-corrected chi connectivity index (χ3v) is 9.93. The molecule has 6 heteroatoms. The summed E-state index contributed by atoms with van der Waals surface area (Å²) < 4.78 is 57.6. The summed E-state index contributed by atoms with van der Waals surface area (Å²) in [4.78, 5) is 11.3. The third-order valence-electron chi connectivity index (χ3n) is 9.93. The van der Waals surface area contributed by atoms with Gasteiger partial charge in [-0.05, 0) is 79.4 Å². The molecule has 8 unspecified atom stereocenters. The van der Waals surface area contributed by atoms with E-state index in [0.29, 0.717) is 12.8 Å². The number of carbonyl (C=O) groups is 1. The van der Waals surface area contributed by atoms with Crippen LogP contribution in [0.2, 0.25) is 0 Å². The second-order valence-corrected chi connectivity index (χ2v) is 11.0. The number of halogens is 4. The van der Waals surface area contributed by atoms with E-state index in [9.17, 15) is 18.7 Å². The van der Waals surface area contributed by atoms with Crippen LogP contribution in [0.5, 0.6) is 0 Å². The van der Waals surface area contributed by atoms with E-state index in [1.54, 1.807) is 0 Å². The predicted molar refractivity (Wildman–Crippen MR) is 102 cm³/mol. The maximum Gasteiger partial charge on any atom is 0.312 e. The molecule has 4 saturated carbocycles. The molecule has 4 fully saturated rings. The summed E-state index contributed by atoms with van der Waals surface area (Å²) in [6.07, 6.45) is 3.74. The molecule has 4 aliphatic rings. The highest BCUT2D eigenvalue weighted by atomic mass is 19.3. The second-order valence-electron chi connectivity index (χ2n) is 11.0. The molecule has 0 heterocycles. The van der Waals surface area contributed by atoms with Crippen molar-refractivity contribution in [3.63, 3.8) is 0 Å². The molecule has 4 aliphatic carbocycles. The van der Waals surface area contributed by atoms with Gasteiger partial charge < -0.3 is 5.11 Å². The van der Waals surface area contributed by atoms with Crippen molar-refractivity contribution in [2.75, 3.05) is 0 Å². The molecular formula is C23H34F4O2. The summed E-state index contributed by atoms with van der Waals surface area (Å²) in [5.41, 5.74) is -0.484. The molecule has 0 aliphatic heterocycles. The van der Waals surface area contributed by atoms with Crippen molar-refractivity contribution in [3.8, 4) is 0 Å². The van der Waals surface area contributed by atoms with Gasteiger partial charge in [-0.3, -0.25) is 4.79 Å². The van der Waals surface area contributed by atoms with Crippen LogP contribution < -0.4 is 0 Å². The van der Waals surface area contributed by atoms with Crippen molar-refractivity contribution >= 4 is 5.97 Å². The summed E-state index contributed by atoms with van der Waals surface area (Å²) in [6.45, 7) is 4.22. The van der Waals surface area contributed by atoms with Gasteiger partial charge in [0.05, 0.1) is 0 Å². The highest BCUT2D eigenvalue weighted by Crippen LogP contribution is 2.70. The molecule has 0 aromatic heterocycles. The predicted octanol–water partition coefficient (Wildman–Crippen LogP) is 6.64. The lowest BCUT2D eigenvalue weighted by atomic mass is 9.44. The van der Waals surface area contributed by atoms with Gasteiger partial charge in [-0.1, -0.05) is 26.7 Å². The Morgan fingerprint density at radius 3 is 2.34 bits per heavy atom. The Hall–Kier alpha value is -0.810. The average molecular weight is 419 g/mol. The van der Waals surface area contributed by atoms with E-state index in [0.717, 1.165) is 38.5 Å². The molecule has 2 nitrogen and oxygen atoms in total. The number of hydrogen-bond acceptors (Lipinski definition) is 1. The lowest BCUT2D eigenvalue weighted by molar-refractivity contribution is -0.232. The van der Waals surface area contributed by atoms with Gasteiger partial charge in [0.1, 0.15) is 5.92 Å². The Kier molecular flexibility index (Phi) is 5.26. The van der Waals surface area contributed by atoms with E-state index >= 15 is 8.78 Å². The van der Waals surface area contributed by atoms with E-state index in [2.05, 4.69) is 6.92 Å². The average Bonchev–Trinajstić information content (AvgIpc) is 2.95. The van der Waals surface area contributed by atoms with Crippen LogP contribution in [-0.4, -0.2) is 23.4 Å². The van der Waals surface area contributed by atoms with Crippen molar-refractivity contribution in [1.82, 2.24) is 0 Å². The normalized spacial score (nSPS) is 47.2. The van der Waals surface area contributed by atoms with Crippen molar-refractivity contribution in [2.45, 2.75) is 90.4 Å². The number of aliphatic carboxylic acids is 1. The zero-order valence-electron chi connectivity index (χ0n) is 17.5. The molecule has 0 radical (unpaired) electrons. The minimum absolute atomic E-state index is 0.00116. The number of carboxylic acid groups (broad SMARTS) is 1. The molecule has 29 heavy (non-hydrogen) atoms. The minimum atomic E-state index is -2.91. The van der Waals surface area contributed by atoms with Crippen molar-refractivity contribution < 1.29 is 27.5 Å². The third kappa shape index (κ3) is 3.22. The smallest absolute Gasteiger partial charge is 0.312 e. The molecule has 8 atom stereocenters. The largest absolute Gasteiger partial charge is 0.481 e. The van der Waals surface area contributed by atoms with Crippen LogP contribution in [0.3, 0.4) is 0 Å². The summed E-state index contributed by atoms with van der Waals surface area (Å²) in [5.74, 6) is -6.86. The number of alkyl halides is 4. The molecule has 166 valence electrons. The van der Waals surface area contributed by atoms with Crippen molar-refractivity contribution in [2.24, 2.45) is 46.3 Å². The van der Waals surface area contributed by atoms with Gasteiger partial charge in [-0.25, -0.2) is 17.6 Å². The van der Waals surface area contributed by atoms with Crippen LogP contribution in [-0.2, 0) is 4.79 Å². The zero-order valence-corrected chi connectivity index (χ0v) is 17.5. The highest BCUT2D eigenvalue weighted by Gasteiger charge is 2.67. The second kappa shape index (κ2) is 7.12. The molecule has 0 saturated heterocycles. The lowest BCUT2D eigenvalue weighted by Gasteiger charge is -2.62. The van der Waals surface area contributed by atoms with E-state index < -0.39 is 35.6 Å². The molecule has 0 bridgehead atoms. The Morgan fingerprint density at radius 2 is 1.69 bits per heavy atom. The fraction of sp³-hybridized carbons (Fsp3) is 0.957. The van der Waals surface area contributed by atoms with Gasteiger partial charge in [-0.2, -0.15) is 0 Å². The standard InChI is InChI=1S/C23H34F4O2/c1-21-9-4-3-5-14(21)12-23(26,27)18-16-7-6-13(11-15(19(24)25)20(28)29)22(16,2)10-8-17(18)21/h13-19H,3-12H2,1-2H3,(H,28,29). The molecule has 0 amide bonds. The molecule has 0 aromatic rings. The van der Waals surface area contributed by atoms with Crippen LogP contribution in [0.1, 0.15) is 78.1 Å². The van der Waals surface area contributed by atoms with Crippen LogP contribution in [0.4, 0.5) is 17.6 Å². The first kappa shape index (κ1) is 21.4. The number of fused-ring (bicyclic) bond motifs is 5. The molecule has 1 N–H and O–H groups in total. The van der Waals surface area contributed by atoms with Gasteiger partial charge in [0.15, 0.2) is 0 Å². The maximum absolute atomic E-state index is 15.5. The number of hydrogen-bond donors (Lipinski definition) is 1. The number of rotatable bonds is 4.